The Kier molecular flexibility index (Phi) is 7.85. The van der Waals surface area contributed by atoms with E-state index >= 15 is 0 Å². The Hall–Kier alpha value is -3.03. The van der Waals surface area contributed by atoms with Gasteiger partial charge in [-0.15, -0.1) is 0 Å². The smallest absolute Gasteiger partial charge is 0.410 e. The molecule has 0 spiro atoms. The monoisotopic (exact) mass is 509 g/mol. The second-order valence-electron chi connectivity index (χ2n) is 12.1. The van der Waals surface area contributed by atoms with Crippen molar-refractivity contribution in [2.45, 2.75) is 85.8 Å². The quantitative estimate of drug-likeness (QED) is 0.398. The third kappa shape index (κ3) is 6.28. The van der Waals surface area contributed by atoms with Gasteiger partial charge >= 0.3 is 6.09 Å². The Labute approximate surface area is 220 Å². The number of likely N-dealkylation sites (tertiary alicyclic amines) is 1. The predicted octanol–water partition coefficient (Wildman–Crippen LogP) is 6.36. The molecule has 0 radical (unpaired) electrons. The molecule has 1 aliphatic rings. The largest absolute Gasteiger partial charge is 0.493 e. The van der Waals surface area contributed by atoms with E-state index in [9.17, 15) is 4.79 Å². The maximum Gasteiger partial charge on any atom is 0.410 e. The maximum absolute atomic E-state index is 12.3. The number of ether oxygens (including phenoxy) is 2. The van der Waals surface area contributed by atoms with E-state index in [1.54, 1.807) is 0 Å². The van der Waals surface area contributed by atoms with Crippen LogP contribution in [0, 0.1) is 11.8 Å². The summed E-state index contributed by atoms with van der Waals surface area (Å²) in [4.78, 5) is 23.5. The van der Waals surface area contributed by atoms with Crippen molar-refractivity contribution in [2.24, 2.45) is 11.8 Å². The summed E-state index contributed by atoms with van der Waals surface area (Å²) < 4.78 is 14.0. The predicted molar refractivity (Wildman–Crippen MR) is 149 cm³/mol. The van der Waals surface area contributed by atoms with Crippen LogP contribution in [0.5, 0.6) is 5.75 Å². The van der Waals surface area contributed by atoms with Crippen molar-refractivity contribution in [1.29, 1.82) is 0 Å². The first kappa shape index (κ1) is 27.0. The lowest BCUT2D eigenvalue weighted by molar-refractivity contribution is 0.0177. The normalized spacial score (nSPS) is 15.3. The third-order valence-electron chi connectivity index (χ3n) is 6.92. The highest BCUT2D eigenvalue weighted by Gasteiger charge is 2.27. The van der Waals surface area contributed by atoms with E-state index in [-0.39, 0.29) is 6.09 Å². The Balaban J connectivity index is 1.47. The number of carbonyl (C=O) groups is 1. The van der Waals surface area contributed by atoms with Gasteiger partial charge in [0.25, 0.3) is 0 Å². The maximum atomic E-state index is 12.3. The summed E-state index contributed by atoms with van der Waals surface area (Å²) in [6.07, 6.45) is 4.55. The van der Waals surface area contributed by atoms with Crippen molar-refractivity contribution in [1.82, 2.24) is 19.4 Å². The minimum Gasteiger partial charge on any atom is -0.493 e. The third-order valence-corrected chi connectivity index (χ3v) is 6.92. The number of nitrogens with two attached hydrogens (primary N) is 1. The number of piperidine rings is 1. The van der Waals surface area contributed by atoms with Gasteiger partial charge in [0.05, 0.1) is 24.0 Å². The van der Waals surface area contributed by atoms with E-state index < -0.39 is 5.60 Å². The number of rotatable bonds is 7. The van der Waals surface area contributed by atoms with Crippen LogP contribution in [0.3, 0.4) is 0 Å². The fourth-order valence-electron chi connectivity index (χ4n) is 5.13. The molecule has 4 rings (SSSR count). The molecule has 8 heteroatoms. The summed E-state index contributed by atoms with van der Waals surface area (Å²) in [7, 11) is 0. The lowest BCUT2D eigenvalue weighted by atomic mass is 9.94. The molecule has 0 bridgehead atoms. The van der Waals surface area contributed by atoms with Gasteiger partial charge in [-0.3, -0.25) is 0 Å². The van der Waals surface area contributed by atoms with Gasteiger partial charge in [-0.05, 0) is 69.4 Å². The first-order valence-corrected chi connectivity index (χ1v) is 13.6. The molecule has 3 aromatic rings. The standard InChI is InChI=1S/C29H43N5O3/c1-18(2)16-34-17-31-25-26(34)24-22(19(3)4)14-21(15-23(24)32-27(25)30)36-13-10-20-8-11-33(12-9-20)28(35)37-29(5,6)7/h14-15,17-20H,8-13,16H2,1-7H3,(H2,30,32). The highest BCUT2D eigenvalue weighted by molar-refractivity contribution is 6.08. The number of fused-ring (bicyclic) bond motifs is 3. The minimum atomic E-state index is -0.462. The van der Waals surface area contributed by atoms with Gasteiger partial charge in [0.2, 0.25) is 0 Å². The summed E-state index contributed by atoms with van der Waals surface area (Å²) in [5.41, 5.74) is 9.75. The van der Waals surface area contributed by atoms with Gasteiger partial charge in [0, 0.05) is 31.1 Å². The fourth-order valence-corrected chi connectivity index (χ4v) is 5.13. The van der Waals surface area contributed by atoms with Crippen molar-refractivity contribution >= 4 is 33.8 Å². The molecule has 202 valence electrons. The van der Waals surface area contributed by atoms with Crippen molar-refractivity contribution in [3.63, 3.8) is 0 Å². The van der Waals surface area contributed by atoms with Gasteiger partial charge in [0.15, 0.2) is 5.82 Å². The van der Waals surface area contributed by atoms with E-state index in [0.29, 0.717) is 30.2 Å². The van der Waals surface area contributed by atoms with Crippen LogP contribution in [-0.2, 0) is 11.3 Å². The molecule has 2 aromatic heterocycles. The topological polar surface area (TPSA) is 95.5 Å². The number of pyridine rings is 1. The number of carbonyl (C=O) groups excluding carboxylic acids is 1. The molecular formula is C29H43N5O3. The first-order valence-electron chi connectivity index (χ1n) is 13.6. The Bertz CT molecular complexity index is 1250. The van der Waals surface area contributed by atoms with Crippen LogP contribution in [0.4, 0.5) is 10.6 Å². The number of nitrogen functional groups attached to an aromatic ring is 1. The van der Waals surface area contributed by atoms with Gasteiger partial charge < -0.3 is 24.7 Å². The second-order valence-corrected chi connectivity index (χ2v) is 12.1. The molecule has 1 aliphatic heterocycles. The molecule has 8 nitrogen and oxygen atoms in total. The van der Waals surface area contributed by atoms with E-state index in [1.165, 1.54) is 5.56 Å². The molecule has 3 heterocycles. The van der Waals surface area contributed by atoms with Crippen LogP contribution in [0.25, 0.3) is 21.9 Å². The molecule has 1 amide bonds. The first-order chi connectivity index (χ1) is 17.4. The molecule has 1 saturated heterocycles. The highest BCUT2D eigenvalue weighted by atomic mass is 16.6. The van der Waals surface area contributed by atoms with Crippen molar-refractivity contribution in [3.8, 4) is 5.75 Å². The molecule has 0 unspecified atom stereocenters. The molecule has 0 atom stereocenters. The molecule has 2 N–H and O–H groups in total. The minimum absolute atomic E-state index is 0.213. The van der Waals surface area contributed by atoms with Crippen LogP contribution < -0.4 is 10.5 Å². The number of benzene rings is 1. The van der Waals surface area contributed by atoms with E-state index in [0.717, 1.165) is 66.6 Å². The number of anilines is 1. The zero-order valence-electron chi connectivity index (χ0n) is 23.5. The SMILES string of the molecule is CC(C)Cn1cnc2c(N)nc3cc(OCCC4CCN(C(=O)OC(C)(C)C)CC4)cc(C(C)C)c3c21. The lowest BCUT2D eigenvalue weighted by Crippen LogP contribution is -2.41. The van der Waals surface area contributed by atoms with Gasteiger partial charge in [-0.2, -0.15) is 0 Å². The molecule has 0 saturated carbocycles. The summed E-state index contributed by atoms with van der Waals surface area (Å²) in [5, 5.41) is 1.11. The average Bonchev–Trinajstić information content (AvgIpc) is 3.21. The number of imidazole rings is 1. The van der Waals surface area contributed by atoms with Crippen LogP contribution in [0.15, 0.2) is 18.5 Å². The Morgan fingerprint density at radius 1 is 1.16 bits per heavy atom. The molecular weight excluding hydrogens is 466 g/mol. The van der Waals surface area contributed by atoms with Gasteiger partial charge in [0.1, 0.15) is 16.9 Å². The highest BCUT2D eigenvalue weighted by Crippen LogP contribution is 2.36. The zero-order chi connectivity index (χ0) is 26.9. The lowest BCUT2D eigenvalue weighted by Gasteiger charge is -2.33. The number of aromatic nitrogens is 3. The average molecular weight is 510 g/mol. The van der Waals surface area contributed by atoms with Crippen molar-refractivity contribution in [2.75, 3.05) is 25.4 Å². The summed E-state index contributed by atoms with van der Waals surface area (Å²) in [6.45, 7) is 17.5. The molecule has 37 heavy (non-hydrogen) atoms. The van der Waals surface area contributed by atoms with Crippen molar-refractivity contribution in [3.05, 3.63) is 24.0 Å². The van der Waals surface area contributed by atoms with Crippen LogP contribution >= 0.6 is 0 Å². The Morgan fingerprint density at radius 2 is 1.86 bits per heavy atom. The second kappa shape index (κ2) is 10.8. The van der Waals surface area contributed by atoms with Crippen molar-refractivity contribution < 1.29 is 14.3 Å². The van der Waals surface area contributed by atoms with E-state index in [1.807, 2.05) is 38.1 Å². The molecule has 1 aromatic carbocycles. The summed E-state index contributed by atoms with van der Waals surface area (Å²) >= 11 is 0. The molecule has 0 aliphatic carbocycles. The van der Waals surface area contributed by atoms with Gasteiger partial charge in [-0.1, -0.05) is 27.7 Å². The summed E-state index contributed by atoms with van der Waals surface area (Å²) in [5.74, 6) is 2.59. The van der Waals surface area contributed by atoms with Crippen LogP contribution in [-0.4, -0.2) is 50.8 Å². The van der Waals surface area contributed by atoms with Crippen LogP contribution in [0.2, 0.25) is 0 Å². The fraction of sp³-hybridized carbons (Fsp3) is 0.621. The van der Waals surface area contributed by atoms with Crippen LogP contribution in [0.1, 0.15) is 79.2 Å². The van der Waals surface area contributed by atoms with Gasteiger partial charge in [-0.25, -0.2) is 14.8 Å². The zero-order valence-corrected chi connectivity index (χ0v) is 23.5. The number of nitrogens with zero attached hydrogens (tertiary/aromatic N) is 4. The number of hydrogen-bond acceptors (Lipinski definition) is 6. The number of amides is 1. The Morgan fingerprint density at radius 3 is 2.49 bits per heavy atom. The van der Waals surface area contributed by atoms with E-state index in [4.69, 9.17) is 20.2 Å². The molecule has 1 fully saturated rings. The van der Waals surface area contributed by atoms with E-state index in [2.05, 4.69) is 43.3 Å². The summed E-state index contributed by atoms with van der Waals surface area (Å²) in [6, 6.07) is 4.16. The number of hydrogen-bond donors (Lipinski definition) is 1.